The Balaban J connectivity index is 1.66. The lowest BCUT2D eigenvalue weighted by Crippen LogP contribution is -2.32. The highest BCUT2D eigenvalue weighted by atomic mass is 16.2. The molecule has 2 aromatic rings. The second-order valence-electron chi connectivity index (χ2n) is 6.33. The van der Waals surface area contributed by atoms with Gasteiger partial charge in [-0.1, -0.05) is 42.5 Å². The van der Waals surface area contributed by atoms with Crippen molar-refractivity contribution in [2.75, 3.05) is 11.4 Å². The van der Waals surface area contributed by atoms with Gasteiger partial charge in [0.2, 0.25) is 11.8 Å². The topological polar surface area (TPSA) is 49.4 Å². The van der Waals surface area contributed by atoms with Crippen LogP contribution in [0.3, 0.4) is 0 Å². The van der Waals surface area contributed by atoms with E-state index in [4.69, 9.17) is 0 Å². The van der Waals surface area contributed by atoms with Gasteiger partial charge in [0.15, 0.2) is 0 Å². The Labute approximate surface area is 142 Å². The Kier molecular flexibility index (Phi) is 4.65. The van der Waals surface area contributed by atoms with Gasteiger partial charge in [-0.15, -0.1) is 0 Å². The summed E-state index contributed by atoms with van der Waals surface area (Å²) in [5, 5.41) is 2.94. The van der Waals surface area contributed by atoms with Crippen molar-refractivity contribution in [2.45, 2.75) is 26.8 Å². The highest BCUT2D eigenvalue weighted by Gasteiger charge is 2.35. The normalized spacial score (nSPS) is 17.2. The van der Waals surface area contributed by atoms with E-state index in [9.17, 15) is 9.59 Å². The summed E-state index contributed by atoms with van der Waals surface area (Å²) in [5.74, 6) is -0.329. The van der Waals surface area contributed by atoms with E-state index in [0.717, 1.165) is 22.4 Å². The summed E-state index contributed by atoms with van der Waals surface area (Å²) >= 11 is 0. The SMILES string of the molecule is Cc1cccc(N2CC(C(=O)NCc3ccccc3)CC2=O)c1C. The van der Waals surface area contributed by atoms with Crippen LogP contribution in [0.1, 0.15) is 23.1 Å². The summed E-state index contributed by atoms with van der Waals surface area (Å²) < 4.78 is 0. The van der Waals surface area contributed by atoms with Crippen LogP contribution in [0.5, 0.6) is 0 Å². The molecule has 124 valence electrons. The van der Waals surface area contributed by atoms with Crippen LogP contribution < -0.4 is 10.2 Å². The smallest absolute Gasteiger partial charge is 0.227 e. The summed E-state index contributed by atoms with van der Waals surface area (Å²) in [4.78, 5) is 26.5. The molecule has 1 atom stereocenters. The third kappa shape index (κ3) is 3.32. The van der Waals surface area contributed by atoms with Gasteiger partial charge >= 0.3 is 0 Å². The molecular weight excluding hydrogens is 300 g/mol. The van der Waals surface area contributed by atoms with Crippen molar-refractivity contribution in [2.24, 2.45) is 5.92 Å². The van der Waals surface area contributed by atoms with Gasteiger partial charge in [-0.25, -0.2) is 0 Å². The summed E-state index contributed by atoms with van der Waals surface area (Å²) in [5.41, 5.74) is 4.22. The fourth-order valence-corrected chi connectivity index (χ4v) is 3.07. The number of carbonyl (C=O) groups is 2. The maximum absolute atomic E-state index is 12.4. The quantitative estimate of drug-likeness (QED) is 0.941. The molecule has 1 aliphatic heterocycles. The van der Waals surface area contributed by atoms with E-state index < -0.39 is 0 Å². The first kappa shape index (κ1) is 16.2. The molecule has 0 spiro atoms. The zero-order valence-corrected chi connectivity index (χ0v) is 14.1. The molecule has 3 rings (SSSR count). The second-order valence-corrected chi connectivity index (χ2v) is 6.33. The predicted octanol–water partition coefficient (Wildman–Crippen LogP) is 2.97. The third-order valence-electron chi connectivity index (χ3n) is 4.67. The third-order valence-corrected chi connectivity index (χ3v) is 4.67. The van der Waals surface area contributed by atoms with Crippen LogP contribution in [0.2, 0.25) is 0 Å². The first-order valence-electron chi connectivity index (χ1n) is 8.24. The lowest BCUT2D eigenvalue weighted by molar-refractivity contribution is -0.126. The maximum Gasteiger partial charge on any atom is 0.227 e. The average Bonchev–Trinajstić information content (AvgIpc) is 2.98. The Morgan fingerprint density at radius 3 is 2.62 bits per heavy atom. The summed E-state index contributed by atoms with van der Waals surface area (Å²) in [6.45, 7) is 4.99. The maximum atomic E-state index is 12.4. The summed E-state index contributed by atoms with van der Waals surface area (Å²) in [6.07, 6.45) is 0.272. The van der Waals surface area contributed by atoms with Crippen molar-refractivity contribution in [3.63, 3.8) is 0 Å². The van der Waals surface area contributed by atoms with Crippen LogP contribution in [0.4, 0.5) is 5.69 Å². The number of rotatable bonds is 4. The number of carbonyl (C=O) groups excluding carboxylic acids is 2. The monoisotopic (exact) mass is 322 g/mol. The fourth-order valence-electron chi connectivity index (χ4n) is 3.07. The molecule has 0 saturated carbocycles. The molecule has 24 heavy (non-hydrogen) atoms. The van der Waals surface area contributed by atoms with E-state index in [2.05, 4.69) is 5.32 Å². The number of amides is 2. The van der Waals surface area contributed by atoms with Crippen LogP contribution >= 0.6 is 0 Å². The van der Waals surface area contributed by atoms with Crippen LogP contribution in [-0.4, -0.2) is 18.4 Å². The molecule has 1 unspecified atom stereocenters. The zero-order valence-electron chi connectivity index (χ0n) is 14.1. The van der Waals surface area contributed by atoms with Gasteiger partial charge in [-0.05, 0) is 36.6 Å². The van der Waals surface area contributed by atoms with Crippen molar-refractivity contribution in [3.8, 4) is 0 Å². The number of hydrogen-bond donors (Lipinski definition) is 1. The van der Waals surface area contributed by atoms with E-state index in [0.29, 0.717) is 13.1 Å². The van der Waals surface area contributed by atoms with Crippen LogP contribution in [-0.2, 0) is 16.1 Å². The minimum absolute atomic E-state index is 0.0172. The Bertz CT molecular complexity index is 755. The number of anilines is 1. The average molecular weight is 322 g/mol. The number of nitrogens with one attached hydrogen (secondary N) is 1. The van der Waals surface area contributed by atoms with Crippen molar-refractivity contribution in [1.82, 2.24) is 5.32 Å². The molecule has 1 N–H and O–H groups in total. The second kappa shape index (κ2) is 6.87. The standard InChI is InChI=1S/C20H22N2O2/c1-14-7-6-10-18(15(14)2)22-13-17(11-19(22)23)20(24)21-12-16-8-4-3-5-9-16/h3-10,17H,11-13H2,1-2H3,(H,21,24). The van der Waals surface area contributed by atoms with Gasteiger partial charge in [0, 0.05) is 25.2 Å². The zero-order chi connectivity index (χ0) is 17.1. The van der Waals surface area contributed by atoms with E-state index in [1.165, 1.54) is 0 Å². The minimum Gasteiger partial charge on any atom is -0.352 e. The summed E-state index contributed by atoms with van der Waals surface area (Å²) in [6, 6.07) is 15.7. The van der Waals surface area contributed by atoms with Gasteiger partial charge in [0.1, 0.15) is 0 Å². The molecule has 1 fully saturated rings. The van der Waals surface area contributed by atoms with Crippen molar-refractivity contribution in [3.05, 3.63) is 65.2 Å². The number of nitrogens with zero attached hydrogens (tertiary/aromatic N) is 1. The lowest BCUT2D eigenvalue weighted by Gasteiger charge is -2.20. The van der Waals surface area contributed by atoms with Crippen molar-refractivity contribution >= 4 is 17.5 Å². The van der Waals surface area contributed by atoms with Gasteiger partial charge in [-0.3, -0.25) is 9.59 Å². The first-order chi connectivity index (χ1) is 11.6. The van der Waals surface area contributed by atoms with E-state index >= 15 is 0 Å². The predicted molar refractivity (Wildman–Crippen MR) is 94.7 cm³/mol. The van der Waals surface area contributed by atoms with E-state index in [-0.39, 0.29) is 24.2 Å². The molecule has 0 bridgehead atoms. The van der Waals surface area contributed by atoms with Crippen LogP contribution in [0, 0.1) is 19.8 Å². The van der Waals surface area contributed by atoms with E-state index in [1.807, 2.05) is 62.4 Å². The molecule has 1 heterocycles. The number of aryl methyl sites for hydroxylation is 1. The lowest BCUT2D eigenvalue weighted by atomic mass is 10.1. The molecule has 1 aliphatic rings. The molecule has 1 saturated heterocycles. The molecule has 2 aromatic carbocycles. The van der Waals surface area contributed by atoms with Gasteiger partial charge < -0.3 is 10.2 Å². The Morgan fingerprint density at radius 2 is 1.88 bits per heavy atom. The van der Waals surface area contributed by atoms with Crippen LogP contribution in [0.15, 0.2) is 48.5 Å². The Hall–Kier alpha value is -2.62. The van der Waals surface area contributed by atoms with Gasteiger partial charge in [0.05, 0.1) is 5.92 Å². The molecule has 0 aliphatic carbocycles. The van der Waals surface area contributed by atoms with Crippen LogP contribution in [0.25, 0.3) is 0 Å². The van der Waals surface area contributed by atoms with Gasteiger partial charge in [0.25, 0.3) is 0 Å². The highest BCUT2D eigenvalue weighted by Crippen LogP contribution is 2.29. The molecule has 4 nitrogen and oxygen atoms in total. The molecule has 0 radical (unpaired) electrons. The Morgan fingerprint density at radius 1 is 1.12 bits per heavy atom. The van der Waals surface area contributed by atoms with E-state index in [1.54, 1.807) is 4.90 Å². The summed E-state index contributed by atoms with van der Waals surface area (Å²) in [7, 11) is 0. The largest absolute Gasteiger partial charge is 0.352 e. The van der Waals surface area contributed by atoms with Crippen molar-refractivity contribution < 1.29 is 9.59 Å². The highest BCUT2D eigenvalue weighted by molar-refractivity contribution is 6.00. The van der Waals surface area contributed by atoms with Gasteiger partial charge in [-0.2, -0.15) is 0 Å². The minimum atomic E-state index is -0.291. The first-order valence-corrected chi connectivity index (χ1v) is 8.24. The fraction of sp³-hybridized carbons (Fsp3) is 0.300. The molecule has 0 aromatic heterocycles. The number of benzene rings is 2. The number of hydrogen-bond acceptors (Lipinski definition) is 2. The molecule has 2 amide bonds. The van der Waals surface area contributed by atoms with Crippen molar-refractivity contribution in [1.29, 1.82) is 0 Å². The molecule has 4 heteroatoms. The molecular formula is C20H22N2O2.